The lowest BCUT2D eigenvalue weighted by molar-refractivity contribution is -0.127. The van der Waals surface area contributed by atoms with Gasteiger partial charge in [-0.15, -0.1) is 0 Å². The molecular weight excluding hydrogens is 499 g/mol. The summed E-state index contributed by atoms with van der Waals surface area (Å²) >= 11 is 12.0. The third-order valence-electron chi connectivity index (χ3n) is 5.18. The maximum Gasteiger partial charge on any atom is 0.264 e. The number of anilines is 1. The van der Waals surface area contributed by atoms with Crippen molar-refractivity contribution in [2.75, 3.05) is 24.0 Å². The van der Waals surface area contributed by atoms with Gasteiger partial charge in [-0.3, -0.25) is 9.10 Å². The lowest BCUT2D eigenvalue weighted by Gasteiger charge is -2.34. The molecule has 3 aromatic carbocycles. The highest BCUT2D eigenvalue weighted by Gasteiger charge is 2.37. The maximum atomic E-state index is 13.4. The van der Waals surface area contributed by atoms with Crippen LogP contribution in [-0.2, 0) is 14.8 Å². The molecule has 1 aliphatic heterocycles. The summed E-state index contributed by atoms with van der Waals surface area (Å²) in [5, 5.41) is 3.69. The topological polar surface area (TPSA) is 84.9 Å². The van der Waals surface area contributed by atoms with Gasteiger partial charge in [0.25, 0.3) is 15.9 Å². The molecule has 0 radical (unpaired) electrons. The zero-order valence-corrected chi connectivity index (χ0v) is 20.5. The zero-order chi connectivity index (χ0) is 24.3. The quantitative estimate of drug-likeness (QED) is 0.465. The fourth-order valence-corrected chi connectivity index (χ4v) is 5.17. The van der Waals surface area contributed by atoms with Crippen LogP contribution < -0.4 is 19.1 Å². The number of benzene rings is 3. The fraction of sp³-hybridized carbons (Fsp3) is 0.208. The molecule has 4 rings (SSSR count). The van der Waals surface area contributed by atoms with E-state index < -0.39 is 22.0 Å². The van der Waals surface area contributed by atoms with Crippen LogP contribution in [-0.4, -0.2) is 40.1 Å². The molecule has 0 saturated heterocycles. The standard InChI is InChI=1S/C24H22Cl2N2O5S/c1-16-2-9-20(10-3-16)34(30,31)28-15-23(33-22-11-6-18(26)14-21(22)28)24(29)27-12-13-32-19-7-4-17(25)5-8-19/h2-11,14,23H,12-13,15H2,1H3,(H,27,29). The van der Waals surface area contributed by atoms with E-state index in [0.29, 0.717) is 15.8 Å². The third kappa shape index (κ3) is 5.41. The molecular formula is C24H22Cl2N2O5S. The molecule has 1 unspecified atom stereocenters. The summed E-state index contributed by atoms with van der Waals surface area (Å²) in [5.41, 5.74) is 1.21. The number of fused-ring (bicyclic) bond motifs is 1. The second-order valence-electron chi connectivity index (χ2n) is 7.66. The molecule has 0 fully saturated rings. The second kappa shape index (κ2) is 10.1. The Bertz CT molecular complexity index is 1280. The van der Waals surface area contributed by atoms with Gasteiger partial charge in [-0.1, -0.05) is 40.9 Å². The average molecular weight is 521 g/mol. The SMILES string of the molecule is Cc1ccc(S(=O)(=O)N2CC(C(=O)NCCOc3ccc(Cl)cc3)Oc3ccc(Cl)cc32)cc1. The number of carbonyl (C=O) groups is 1. The van der Waals surface area contributed by atoms with Crippen molar-refractivity contribution in [3.8, 4) is 11.5 Å². The van der Waals surface area contributed by atoms with Gasteiger partial charge in [0.2, 0.25) is 0 Å². The Morgan fingerprint density at radius 2 is 1.74 bits per heavy atom. The molecule has 7 nitrogen and oxygen atoms in total. The number of nitrogens with one attached hydrogen (secondary N) is 1. The molecule has 1 heterocycles. The Kier molecular flexibility index (Phi) is 7.21. The minimum Gasteiger partial charge on any atom is -0.492 e. The first kappa shape index (κ1) is 24.2. The van der Waals surface area contributed by atoms with Crippen LogP contribution in [0.2, 0.25) is 10.0 Å². The van der Waals surface area contributed by atoms with Gasteiger partial charge in [-0.2, -0.15) is 0 Å². The van der Waals surface area contributed by atoms with Crippen molar-refractivity contribution in [1.29, 1.82) is 0 Å². The Balaban J connectivity index is 1.49. The Labute approximate surface area is 208 Å². The van der Waals surface area contributed by atoms with Crippen molar-refractivity contribution in [3.63, 3.8) is 0 Å². The number of rotatable bonds is 7. The normalized spacial score (nSPS) is 15.3. The van der Waals surface area contributed by atoms with E-state index in [2.05, 4.69) is 5.32 Å². The first-order chi connectivity index (χ1) is 16.2. The molecule has 0 aliphatic carbocycles. The number of sulfonamides is 1. The Hall–Kier alpha value is -2.94. The van der Waals surface area contributed by atoms with Gasteiger partial charge in [-0.25, -0.2) is 8.42 Å². The van der Waals surface area contributed by atoms with Gasteiger partial charge in [0.1, 0.15) is 18.1 Å². The third-order valence-corrected chi connectivity index (χ3v) is 7.46. The van der Waals surface area contributed by atoms with Crippen LogP contribution in [0, 0.1) is 6.92 Å². The highest BCUT2D eigenvalue weighted by Crippen LogP contribution is 2.38. The molecule has 1 amide bonds. The predicted octanol–water partition coefficient (Wildman–Crippen LogP) is 4.45. The first-order valence-corrected chi connectivity index (χ1v) is 12.7. The summed E-state index contributed by atoms with van der Waals surface area (Å²) in [6, 6.07) is 18.0. The van der Waals surface area contributed by atoms with Gasteiger partial charge in [-0.05, 0) is 61.5 Å². The Morgan fingerprint density at radius 3 is 2.44 bits per heavy atom. The van der Waals surface area contributed by atoms with Gasteiger partial charge in [0.05, 0.1) is 23.7 Å². The van der Waals surface area contributed by atoms with E-state index in [1.54, 1.807) is 48.5 Å². The van der Waals surface area contributed by atoms with E-state index >= 15 is 0 Å². The van der Waals surface area contributed by atoms with Crippen LogP contribution in [0.1, 0.15) is 5.56 Å². The van der Waals surface area contributed by atoms with E-state index in [-0.39, 0.29) is 36.0 Å². The zero-order valence-electron chi connectivity index (χ0n) is 18.2. The van der Waals surface area contributed by atoms with Crippen molar-refractivity contribution in [2.24, 2.45) is 0 Å². The van der Waals surface area contributed by atoms with Crippen molar-refractivity contribution >= 4 is 44.8 Å². The molecule has 0 spiro atoms. The van der Waals surface area contributed by atoms with Crippen molar-refractivity contribution in [3.05, 3.63) is 82.3 Å². The Morgan fingerprint density at radius 1 is 1.06 bits per heavy atom. The molecule has 1 atom stereocenters. The molecule has 0 bridgehead atoms. The van der Waals surface area contributed by atoms with Crippen molar-refractivity contribution in [2.45, 2.75) is 17.9 Å². The summed E-state index contributed by atoms with van der Waals surface area (Å²) in [7, 11) is -3.96. The number of halogens is 2. The van der Waals surface area contributed by atoms with E-state index in [9.17, 15) is 13.2 Å². The van der Waals surface area contributed by atoms with Crippen LogP contribution in [0.4, 0.5) is 5.69 Å². The highest BCUT2D eigenvalue weighted by molar-refractivity contribution is 7.92. The molecule has 1 aliphatic rings. The molecule has 0 aromatic heterocycles. The van der Waals surface area contributed by atoms with Crippen LogP contribution in [0.15, 0.2) is 71.6 Å². The van der Waals surface area contributed by atoms with Gasteiger partial charge in [0.15, 0.2) is 6.10 Å². The second-order valence-corrected chi connectivity index (χ2v) is 10.4. The van der Waals surface area contributed by atoms with Crippen molar-refractivity contribution in [1.82, 2.24) is 5.32 Å². The molecule has 34 heavy (non-hydrogen) atoms. The van der Waals surface area contributed by atoms with Crippen LogP contribution in [0.25, 0.3) is 0 Å². The van der Waals surface area contributed by atoms with Crippen LogP contribution in [0.5, 0.6) is 11.5 Å². The summed E-state index contributed by atoms with van der Waals surface area (Å²) in [4.78, 5) is 12.9. The summed E-state index contributed by atoms with van der Waals surface area (Å²) in [5.74, 6) is 0.419. The van der Waals surface area contributed by atoms with E-state index in [1.165, 1.54) is 18.2 Å². The number of hydrogen-bond donors (Lipinski definition) is 1. The molecule has 10 heteroatoms. The van der Waals surface area contributed by atoms with Gasteiger partial charge in [0, 0.05) is 10.0 Å². The van der Waals surface area contributed by atoms with Gasteiger partial charge < -0.3 is 14.8 Å². The number of hydrogen-bond acceptors (Lipinski definition) is 5. The van der Waals surface area contributed by atoms with E-state index in [4.69, 9.17) is 32.7 Å². The molecule has 178 valence electrons. The number of ether oxygens (including phenoxy) is 2. The first-order valence-electron chi connectivity index (χ1n) is 10.5. The minimum absolute atomic E-state index is 0.112. The van der Waals surface area contributed by atoms with E-state index in [1.807, 2.05) is 6.92 Å². The number of carbonyl (C=O) groups excluding carboxylic acids is 1. The fourth-order valence-electron chi connectivity index (χ4n) is 3.41. The largest absolute Gasteiger partial charge is 0.492 e. The lowest BCUT2D eigenvalue weighted by atomic mass is 10.2. The molecule has 3 aromatic rings. The van der Waals surface area contributed by atoms with Crippen molar-refractivity contribution < 1.29 is 22.7 Å². The molecule has 0 saturated carbocycles. The number of nitrogens with zero attached hydrogens (tertiary/aromatic N) is 1. The lowest BCUT2D eigenvalue weighted by Crippen LogP contribution is -2.51. The summed E-state index contributed by atoms with van der Waals surface area (Å²) in [6.45, 7) is 2.10. The van der Waals surface area contributed by atoms with E-state index in [0.717, 1.165) is 9.87 Å². The summed E-state index contributed by atoms with van der Waals surface area (Å²) < 4.78 is 39.5. The van der Waals surface area contributed by atoms with Crippen LogP contribution in [0.3, 0.4) is 0 Å². The average Bonchev–Trinajstić information content (AvgIpc) is 2.82. The summed E-state index contributed by atoms with van der Waals surface area (Å²) in [6.07, 6.45) is -1.05. The smallest absolute Gasteiger partial charge is 0.264 e. The van der Waals surface area contributed by atoms with Gasteiger partial charge >= 0.3 is 0 Å². The number of amides is 1. The highest BCUT2D eigenvalue weighted by atomic mass is 35.5. The van der Waals surface area contributed by atoms with Crippen LogP contribution >= 0.6 is 23.2 Å². The number of aryl methyl sites for hydroxylation is 1. The molecule has 1 N–H and O–H groups in total. The minimum atomic E-state index is -3.96. The monoisotopic (exact) mass is 520 g/mol. The predicted molar refractivity (Wildman–Crippen MR) is 132 cm³/mol. The maximum absolute atomic E-state index is 13.4.